The monoisotopic (exact) mass is 423 g/mol. The van der Waals surface area contributed by atoms with Crippen LogP contribution in [0.2, 0.25) is 0 Å². The van der Waals surface area contributed by atoms with Crippen molar-refractivity contribution >= 4 is 23.8 Å². The fourth-order valence-electron chi connectivity index (χ4n) is 3.68. The number of aliphatic carboxylic acids is 1. The van der Waals surface area contributed by atoms with Gasteiger partial charge >= 0.3 is 5.97 Å². The molecule has 1 amide bonds. The number of fused-ring (bicyclic) bond motifs is 1. The molecule has 1 aliphatic rings. The Morgan fingerprint density at radius 3 is 2.55 bits per heavy atom. The van der Waals surface area contributed by atoms with Gasteiger partial charge in [0.05, 0.1) is 12.1 Å². The van der Waals surface area contributed by atoms with Gasteiger partial charge in [-0.1, -0.05) is 42.5 Å². The van der Waals surface area contributed by atoms with Gasteiger partial charge in [-0.3, -0.25) is 14.9 Å². The van der Waals surface area contributed by atoms with Crippen LogP contribution in [0.5, 0.6) is 0 Å². The minimum Gasteiger partial charge on any atom is -0.481 e. The average molecular weight is 423 g/mol. The quantitative estimate of drug-likeness (QED) is 0.534. The second kappa shape index (κ2) is 8.95. The molecular weight excluding hydrogens is 401 g/mol. The van der Waals surface area contributed by atoms with Crippen LogP contribution in [0, 0.1) is 5.82 Å². The zero-order valence-electron chi connectivity index (χ0n) is 16.7. The van der Waals surface area contributed by atoms with Gasteiger partial charge < -0.3 is 10.4 Å². The number of halogens is 1. The molecule has 0 spiro atoms. The molecule has 1 aromatic heterocycles. The normalized spacial score (nSPS) is 17.5. The molecule has 2 atom stereocenters. The number of benzene rings is 2. The molecule has 4 rings (SSSR count). The van der Waals surface area contributed by atoms with Crippen LogP contribution in [0.15, 0.2) is 54.6 Å². The first-order valence-electron chi connectivity index (χ1n) is 10.0. The molecule has 3 N–H and O–H groups in total. The fraction of sp³-hybridized carbons (Fsp3) is 0.273. The molecule has 0 unspecified atom stereocenters. The van der Waals surface area contributed by atoms with Crippen LogP contribution >= 0.6 is 0 Å². The van der Waals surface area contributed by atoms with Crippen LogP contribution in [-0.4, -0.2) is 31.7 Å². The number of carbonyl (C=O) groups is 2. The van der Waals surface area contributed by atoms with E-state index in [0.29, 0.717) is 12.4 Å². The molecule has 160 valence electrons. The van der Waals surface area contributed by atoms with Crippen molar-refractivity contribution in [1.82, 2.24) is 14.8 Å². The lowest BCUT2D eigenvalue weighted by atomic mass is 9.93. The average Bonchev–Trinajstić information content (AvgIpc) is 3.16. The number of carboxylic acids is 1. The molecule has 8 nitrogen and oxygen atoms in total. The van der Waals surface area contributed by atoms with Gasteiger partial charge in [0.15, 0.2) is 0 Å². The number of carbonyl (C=O) groups excluding carboxylic acids is 1. The highest BCUT2D eigenvalue weighted by Crippen LogP contribution is 2.38. The van der Waals surface area contributed by atoms with Crippen LogP contribution < -0.4 is 10.6 Å². The van der Waals surface area contributed by atoms with E-state index in [4.69, 9.17) is 5.11 Å². The van der Waals surface area contributed by atoms with Crippen LogP contribution in [0.3, 0.4) is 0 Å². The van der Waals surface area contributed by atoms with Gasteiger partial charge in [-0.05, 0) is 36.1 Å². The zero-order valence-corrected chi connectivity index (χ0v) is 16.7. The van der Waals surface area contributed by atoms with Gasteiger partial charge in [0, 0.05) is 12.8 Å². The van der Waals surface area contributed by atoms with Crippen molar-refractivity contribution in [2.45, 2.75) is 37.8 Å². The van der Waals surface area contributed by atoms with Gasteiger partial charge in [0.1, 0.15) is 5.82 Å². The Balaban J connectivity index is 1.59. The largest absolute Gasteiger partial charge is 0.481 e. The van der Waals surface area contributed by atoms with E-state index in [1.54, 1.807) is 16.8 Å². The molecule has 31 heavy (non-hydrogen) atoms. The lowest BCUT2D eigenvalue weighted by molar-refractivity contribution is -0.137. The van der Waals surface area contributed by atoms with Crippen molar-refractivity contribution < 1.29 is 19.1 Å². The summed E-state index contributed by atoms with van der Waals surface area (Å²) in [6, 6.07) is 16.0. The predicted molar refractivity (Wildman–Crippen MR) is 112 cm³/mol. The second-order valence-electron chi connectivity index (χ2n) is 7.41. The number of amides is 1. The summed E-state index contributed by atoms with van der Waals surface area (Å²) in [5.41, 5.74) is 1.97. The Hall–Kier alpha value is -3.75. The minimum atomic E-state index is -0.943. The van der Waals surface area contributed by atoms with E-state index >= 15 is 0 Å². The molecule has 0 aliphatic carbocycles. The predicted octanol–water partition coefficient (Wildman–Crippen LogP) is 3.76. The zero-order chi connectivity index (χ0) is 21.8. The standard InChI is InChI=1S/C22H22FN5O3/c23-16-11-9-15(10-12-16)18-13-17(14-5-2-1-3-6-14)24-22-26-21(27-28(18)22)25-19(29)7-4-8-20(30)31/h1-3,5-6,9-12,17-18H,4,7-8,13H2,(H,30,31)(H2,24,25,26,27,29)/t17-,18-/m0/s1. The lowest BCUT2D eigenvalue weighted by Crippen LogP contribution is -2.28. The summed E-state index contributed by atoms with van der Waals surface area (Å²) in [5.74, 6) is -0.965. The Morgan fingerprint density at radius 1 is 1.10 bits per heavy atom. The molecular formula is C22H22FN5O3. The topological polar surface area (TPSA) is 109 Å². The number of anilines is 2. The Kier molecular flexibility index (Phi) is 5.92. The van der Waals surface area contributed by atoms with Gasteiger partial charge in [-0.2, -0.15) is 4.98 Å². The molecule has 1 aliphatic heterocycles. The lowest BCUT2D eigenvalue weighted by Gasteiger charge is -2.31. The van der Waals surface area contributed by atoms with E-state index in [9.17, 15) is 14.0 Å². The maximum Gasteiger partial charge on any atom is 0.303 e. The summed E-state index contributed by atoms with van der Waals surface area (Å²) in [6.07, 6.45) is 0.893. The van der Waals surface area contributed by atoms with Crippen molar-refractivity contribution in [1.29, 1.82) is 0 Å². The highest BCUT2D eigenvalue weighted by Gasteiger charge is 2.31. The molecule has 0 saturated carbocycles. The first-order chi connectivity index (χ1) is 15.0. The second-order valence-corrected chi connectivity index (χ2v) is 7.41. The van der Waals surface area contributed by atoms with E-state index in [0.717, 1.165) is 11.1 Å². The fourth-order valence-corrected chi connectivity index (χ4v) is 3.68. The van der Waals surface area contributed by atoms with Crippen LogP contribution in [0.1, 0.15) is 48.9 Å². The number of nitrogens with one attached hydrogen (secondary N) is 2. The van der Waals surface area contributed by atoms with E-state index < -0.39 is 5.97 Å². The Bertz CT molecular complexity index is 1070. The highest BCUT2D eigenvalue weighted by atomic mass is 19.1. The number of hydrogen-bond donors (Lipinski definition) is 3. The smallest absolute Gasteiger partial charge is 0.303 e. The third-order valence-corrected chi connectivity index (χ3v) is 5.19. The van der Waals surface area contributed by atoms with E-state index in [2.05, 4.69) is 20.7 Å². The summed E-state index contributed by atoms with van der Waals surface area (Å²) < 4.78 is 15.2. The van der Waals surface area contributed by atoms with Crippen molar-refractivity contribution in [3.05, 3.63) is 71.5 Å². The molecule has 0 radical (unpaired) electrons. The van der Waals surface area contributed by atoms with E-state index in [1.807, 2.05) is 30.3 Å². The van der Waals surface area contributed by atoms with Gasteiger partial charge in [-0.25, -0.2) is 9.07 Å². The first kappa shape index (κ1) is 20.5. The maximum atomic E-state index is 13.5. The third kappa shape index (κ3) is 4.88. The molecule has 9 heteroatoms. The summed E-state index contributed by atoms with van der Waals surface area (Å²) >= 11 is 0. The van der Waals surface area contributed by atoms with Crippen molar-refractivity contribution in [3.8, 4) is 0 Å². The van der Waals surface area contributed by atoms with Crippen molar-refractivity contribution in [2.75, 3.05) is 10.6 Å². The van der Waals surface area contributed by atoms with Gasteiger partial charge in [0.2, 0.25) is 11.9 Å². The SMILES string of the molecule is O=C(O)CCCC(=O)Nc1nc2n(n1)[C@H](c1ccc(F)cc1)C[C@@H](c1ccccc1)N2. The Morgan fingerprint density at radius 2 is 1.84 bits per heavy atom. The molecule has 0 bridgehead atoms. The third-order valence-electron chi connectivity index (χ3n) is 5.19. The number of aromatic nitrogens is 3. The highest BCUT2D eigenvalue weighted by molar-refractivity contribution is 5.89. The summed E-state index contributed by atoms with van der Waals surface area (Å²) in [5, 5.41) is 19.1. The first-order valence-corrected chi connectivity index (χ1v) is 10.0. The van der Waals surface area contributed by atoms with Crippen LogP contribution in [0.25, 0.3) is 0 Å². The van der Waals surface area contributed by atoms with Crippen molar-refractivity contribution in [2.24, 2.45) is 0 Å². The summed E-state index contributed by atoms with van der Waals surface area (Å²) in [4.78, 5) is 27.2. The Labute approximate surface area is 178 Å². The molecule has 0 saturated heterocycles. The van der Waals surface area contributed by atoms with E-state index in [-0.39, 0.29) is 49.0 Å². The number of carboxylic acid groups (broad SMARTS) is 1. The molecule has 2 heterocycles. The summed E-state index contributed by atoms with van der Waals surface area (Å²) in [6.45, 7) is 0. The number of nitrogens with zero attached hydrogens (tertiary/aromatic N) is 3. The van der Waals surface area contributed by atoms with Gasteiger partial charge in [-0.15, -0.1) is 5.10 Å². The van der Waals surface area contributed by atoms with E-state index in [1.165, 1.54) is 12.1 Å². The molecule has 2 aromatic carbocycles. The molecule has 3 aromatic rings. The van der Waals surface area contributed by atoms with Gasteiger partial charge in [0.25, 0.3) is 5.95 Å². The van der Waals surface area contributed by atoms with Crippen molar-refractivity contribution in [3.63, 3.8) is 0 Å². The molecule has 0 fully saturated rings. The maximum absolute atomic E-state index is 13.5. The van der Waals surface area contributed by atoms with Crippen LogP contribution in [-0.2, 0) is 9.59 Å². The number of hydrogen-bond acceptors (Lipinski definition) is 5. The van der Waals surface area contributed by atoms with Crippen LogP contribution in [0.4, 0.5) is 16.3 Å². The minimum absolute atomic E-state index is 0.0351. The number of rotatable bonds is 7. The summed E-state index contributed by atoms with van der Waals surface area (Å²) in [7, 11) is 0.